The zero-order valence-electron chi connectivity index (χ0n) is 22.1. The normalized spacial score (nSPS) is 30.9. The van der Waals surface area contributed by atoms with E-state index in [0.717, 1.165) is 39.0 Å². The van der Waals surface area contributed by atoms with Crippen molar-refractivity contribution in [3.05, 3.63) is 0 Å². The predicted molar refractivity (Wildman–Crippen MR) is 131 cm³/mol. The van der Waals surface area contributed by atoms with E-state index < -0.39 is 24.1 Å². The maximum atomic E-state index is 11.2. The van der Waals surface area contributed by atoms with Crippen molar-refractivity contribution in [3.63, 3.8) is 0 Å². The van der Waals surface area contributed by atoms with Crippen LogP contribution in [0.5, 0.6) is 0 Å². The zero-order valence-corrected chi connectivity index (χ0v) is 22.1. The molecule has 0 bridgehead atoms. The van der Waals surface area contributed by atoms with Crippen LogP contribution < -0.4 is 10.6 Å². The fourth-order valence-electron chi connectivity index (χ4n) is 6.60. The average Bonchev–Trinajstić information content (AvgIpc) is 2.68. The van der Waals surface area contributed by atoms with Crippen molar-refractivity contribution < 1.29 is 39.6 Å². The molecule has 2 amide bonds. The molecule has 206 valence electrons. The number of rotatable bonds is 0. The van der Waals surface area contributed by atoms with Crippen LogP contribution in [0.1, 0.15) is 54.4 Å². The monoisotopic (exact) mass is 514 g/mol. The molecule has 0 aromatic rings. The molecule has 0 aromatic heterocycles. The molecule has 0 radical (unpaired) electrons. The van der Waals surface area contributed by atoms with Crippen molar-refractivity contribution in [2.24, 2.45) is 22.7 Å². The number of nitrogens with one attached hydrogen (secondary N) is 2. The van der Waals surface area contributed by atoms with Crippen LogP contribution >= 0.6 is 0 Å². The highest BCUT2D eigenvalue weighted by Crippen LogP contribution is 2.52. The zero-order chi connectivity index (χ0) is 27.7. The molecule has 4 aliphatic rings. The second-order valence-electron chi connectivity index (χ2n) is 12.1. The molecule has 4 aliphatic heterocycles. The topological polar surface area (TPSA) is 180 Å². The summed E-state index contributed by atoms with van der Waals surface area (Å²) in [7, 11) is 0. The summed E-state index contributed by atoms with van der Waals surface area (Å²) in [5, 5.41) is 39.9. The van der Waals surface area contributed by atoms with E-state index in [9.17, 15) is 19.8 Å². The Morgan fingerprint density at radius 2 is 0.972 bits per heavy atom. The fraction of sp³-hybridized carbons (Fsp3) is 0.833. The van der Waals surface area contributed by atoms with Crippen LogP contribution in [0.2, 0.25) is 0 Å². The van der Waals surface area contributed by atoms with E-state index >= 15 is 0 Å². The van der Waals surface area contributed by atoms with E-state index in [2.05, 4.69) is 52.2 Å². The first-order chi connectivity index (χ1) is 16.4. The first-order valence-electron chi connectivity index (χ1n) is 12.3. The van der Waals surface area contributed by atoms with E-state index in [1.807, 2.05) is 0 Å². The molecule has 4 atom stereocenters. The molecular formula is C24H42N4O8. The lowest BCUT2D eigenvalue weighted by Crippen LogP contribution is -2.79. The number of carboxylic acids is 2. The summed E-state index contributed by atoms with van der Waals surface area (Å²) >= 11 is 0. The molecule has 2 unspecified atom stereocenters. The summed E-state index contributed by atoms with van der Waals surface area (Å²) in [5.41, 5.74) is -0.363. The van der Waals surface area contributed by atoms with Gasteiger partial charge in [0.15, 0.2) is 0 Å². The highest BCUT2D eigenvalue weighted by molar-refractivity contribution is 6.27. The number of hydrogen-bond donors (Lipinski definition) is 6. The van der Waals surface area contributed by atoms with Gasteiger partial charge in [0.05, 0.1) is 11.1 Å². The largest absolute Gasteiger partial charge is 0.473 e. The molecule has 36 heavy (non-hydrogen) atoms. The number of amides is 2. The van der Waals surface area contributed by atoms with Crippen LogP contribution in [-0.2, 0) is 9.59 Å². The summed E-state index contributed by atoms with van der Waals surface area (Å²) in [6, 6.07) is 0. The van der Waals surface area contributed by atoms with E-state index in [1.54, 1.807) is 9.80 Å². The average molecular weight is 515 g/mol. The molecule has 12 nitrogen and oxygen atoms in total. The maximum Gasteiger partial charge on any atom is 0.414 e. The number of fused-ring (bicyclic) bond motifs is 2. The number of likely N-dealkylation sites (tertiary alicyclic amines) is 2. The van der Waals surface area contributed by atoms with E-state index in [4.69, 9.17) is 19.8 Å². The third-order valence-electron chi connectivity index (χ3n) is 8.49. The fourth-order valence-corrected chi connectivity index (χ4v) is 6.60. The lowest BCUT2D eigenvalue weighted by molar-refractivity contribution is -0.159. The molecule has 6 N–H and O–H groups in total. The van der Waals surface area contributed by atoms with E-state index in [-0.39, 0.29) is 21.9 Å². The lowest BCUT2D eigenvalue weighted by Gasteiger charge is -2.65. The molecule has 4 rings (SSSR count). The van der Waals surface area contributed by atoms with Crippen molar-refractivity contribution in [2.45, 2.75) is 65.5 Å². The second kappa shape index (κ2) is 10.4. The standard InChI is InChI=1S/2C11H20N2O2.C2H2O4/c2*1-10(2,3)11-7-12-5-4-8(11)6-13(11)9(14)15;3-1(4)2(5)6/h2*8,12H,4-7H2,1-3H3,(H,14,15);(H,3,4)(H,5,6)/t8-,11+;;/m1../s1. The van der Waals surface area contributed by atoms with Crippen LogP contribution in [0.15, 0.2) is 0 Å². The summed E-state index contributed by atoms with van der Waals surface area (Å²) < 4.78 is 0. The van der Waals surface area contributed by atoms with Gasteiger partial charge in [-0.2, -0.15) is 0 Å². The molecule has 0 saturated carbocycles. The predicted octanol–water partition coefficient (Wildman–Crippen LogP) is 1.90. The third kappa shape index (κ3) is 5.10. The van der Waals surface area contributed by atoms with Crippen molar-refractivity contribution >= 4 is 24.1 Å². The number of hydrogen-bond acceptors (Lipinski definition) is 6. The number of carbonyl (C=O) groups is 4. The van der Waals surface area contributed by atoms with Gasteiger partial charge in [0.2, 0.25) is 0 Å². The van der Waals surface area contributed by atoms with Crippen molar-refractivity contribution in [3.8, 4) is 0 Å². The van der Waals surface area contributed by atoms with Crippen LogP contribution in [-0.4, -0.2) is 105 Å². The quantitative estimate of drug-likeness (QED) is 0.261. The van der Waals surface area contributed by atoms with Gasteiger partial charge in [-0.05, 0) is 36.8 Å². The minimum absolute atomic E-state index is 0.00171. The molecule has 0 aliphatic carbocycles. The lowest BCUT2D eigenvalue weighted by atomic mass is 9.57. The third-order valence-corrected chi connectivity index (χ3v) is 8.49. The van der Waals surface area contributed by atoms with Gasteiger partial charge in [0.25, 0.3) is 0 Å². The highest BCUT2D eigenvalue weighted by Gasteiger charge is 2.63. The van der Waals surface area contributed by atoms with Gasteiger partial charge in [0.1, 0.15) is 0 Å². The SMILES string of the molecule is CC(C)(C)C12CNCCC1CN2C(=O)O.CC(C)(C)[C@]12CNCC[C@@H]1CN2C(=O)O.O=C(O)C(=O)O. The summed E-state index contributed by atoms with van der Waals surface area (Å²) in [6.07, 6.45) is 0.650. The van der Waals surface area contributed by atoms with E-state index in [1.165, 1.54) is 0 Å². The maximum absolute atomic E-state index is 11.2. The van der Waals surface area contributed by atoms with Gasteiger partial charge in [-0.15, -0.1) is 0 Å². The van der Waals surface area contributed by atoms with Crippen molar-refractivity contribution in [2.75, 3.05) is 39.3 Å². The molecule has 4 heterocycles. The van der Waals surface area contributed by atoms with Gasteiger partial charge < -0.3 is 40.9 Å². The summed E-state index contributed by atoms with van der Waals surface area (Å²) in [4.78, 5) is 43.8. The first-order valence-corrected chi connectivity index (χ1v) is 12.3. The minimum atomic E-state index is -1.82. The van der Waals surface area contributed by atoms with Gasteiger partial charge >= 0.3 is 24.1 Å². The Bertz CT molecular complexity index is 797. The van der Waals surface area contributed by atoms with Crippen LogP contribution in [0.25, 0.3) is 0 Å². The molecule has 12 heteroatoms. The first kappa shape index (κ1) is 29.6. The van der Waals surface area contributed by atoms with Gasteiger partial charge in [0, 0.05) is 38.0 Å². The summed E-state index contributed by atoms with van der Waals surface area (Å²) in [5.74, 6) is -2.57. The number of piperidine rings is 2. The van der Waals surface area contributed by atoms with Crippen LogP contribution in [0.3, 0.4) is 0 Å². The Morgan fingerprint density at radius 3 is 1.17 bits per heavy atom. The van der Waals surface area contributed by atoms with Crippen LogP contribution in [0, 0.1) is 22.7 Å². The second-order valence-corrected chi connectivity index (χ2v) is 12.1. The number of carboxylic acid groups (broad SMARTS) is 4. The highest BCUT2D eigenvalue weighted by atomic mass is 16.4. The van der Waals surface area contributed by atoms with Crippen molar-refractivity contribution in [1.29, 1.82) is 0 Å². The Hall–Kier alpha value is -2.60. The Labute approximate surface area is 212 Å². The van der Waals surface area contributed by atoms with Gasteiger partial charge in [-0.3, -0.25) is 0 Å². The minimum Gasteiger partial charge on any atom is -0.473 e. The number of aliphatic carboxylic acids is 2. The molecule has 4 saturated heterocycles. The Kier molecular flexibility index (Phi) is 8.57. The van der Waals surface area contributed by atoms with Crippen molar-refractivity contribution in [1.82, 2.24) is 20.4 Å². The Morgan fingerprint density at radius 1 is 0.667 bits per heavy atom. The smallest absolute Gasteiger partial charge is 0.414 e. The van der Waals surface area contributed by atoms with Gasteiger partial charge in [-0.1, -0.05) is 41.5 Å². The molecule has 0 spiro atoms. The number of nitrogens with zero attached hydrogens (tertiary/aromatic N) is 2. The summed E-state index contributed by atoms with van der Waals surface area (Å²) in [6.45, 7) is 17.9. The van der Waals surface area contributed by atoms with Crippen LogP contribution in [0.4, 0.5) is 9.59 Å². The van der Waals surface area contributed by atoms with E-state index in [0.29, 0.717) is 24.9 Å². The molecule has 4 fully saturated rings. The molecular weight excluding hydrogens is 472 g/mol. The molecule has 0 aromatic carbocycles. The van der Waals surface area contributed by atoms with Gasteiger partial charge in [-0.25, -0.2) is 19.2 Å². The Balaban J connectivity index is 0.000000208.